The summed E-state index contributed by atoms with van der Waals surface area (Å²) >= 11 is 5.79. The highest BCUT2D eigenvalue weighted by Gasteiger charge is 2.36. The second-order valence-corrected chi connectivity index (χ2v) is 8.07. The van der Waals surface area contributed by atoms with Gasteiger partial charge in [0.1, 0.15) is 5.54 Å². The van der Waals surface area contributed by atoms with Crippen molar-refractivity contribution in [1.29, 1.82) is 0 Å². The van der Waals surface area contributed by atoms with E-state index in [-0.39, 0.29) is 5.75 Å². The molecule has 0 aliphatic carbocycles. The molecule has 4 aromatic rings. The summed E-state index contributed by atoms with van der Waals surface area (Å²) in [6.07, 6.45) is 0. The quantitative estimate of drug-likeness (QED) is 0.259. The Hall–Kier alpha value is -3.83. The molecule has 0 bridgehead atoms. The molecule has 0 saturated heterocycles. The number of phenolic OH excluding ortho intramolecular Hbond substituents is 1. The normalized spacial score (nSPS) is 10.9. The number of benzene rings is 4. The van der Waals surface area contributed by atoms with Crippen molar-refractivity contribution in [3.8, 4) is 11.5 Å². The van der Waals surface area contributed by atoms with Crippen LogP contribution in [0, 0.1) is 0 Å². The second kappa shape index (κ2) is 10.2. The molecule has 0 aromatic heterocycles. The smallest absolute Gasteiger partial charge is 0.167 e. The van der Waals surface area contributed by atoms with Crippen molar-refractivity contribution in [1.82, 2.24) is 10.6 Å². The lowest BCUT2D eigenvalue weighted by Gasteiger charge is -2.38. The predicted octanol–water partition coefficient (Wildman–Crippen LogP) is 5.36. The standard InChI is InChI=1S/C28H26N2O2S/c1-32-26-19-21(17-18-25(26)31)20-29-27(33)30-28(22-11-5-2-6-12-22,23-13-7-3-8-14-23)24-15-9-4-10-16-24/h2-19,31H,20H2,1H3,(H2,29,30,33). The predicted molar refractivity (Wildman–Crippen MR) is 136 cm³/mol. The molecule has 0 fully saturated rings. The van der Waals surface area contributed by atoms with Crippen LogP contribution in [-0.2, 0) is 12.1 Å². The summed E-state index contributed by atoms with van der Waals surface area (Å²) in [6, 6.07) is 36.2. The minimum Gasteiger partial charge on any atom is -0.504 e. The van der Waals surface area contributed by atoms with Gasteiger partial charge >= 0.3 is 0 Å². The molecule has 0 saturated carbocycles. The van der Waals surface area contributed by atoms with Crippen molar-refractivity contribution in [2.24, 2.45) is 0 Å². The van der Waals surface area contributed by atoms with E-state index in [0.717, 1.165) is 22.3 Å². The summed E-state index contributed by atoms with van der Waals surface area (Å²) in [6.45, 7) is 0.483. The zero-order valence-electron chi connectivity index (χ0n) is 18.4. The summed E-state index contributed by atoms with van der Waals surface area (Å²) in [5.74, 6) is 0.540. The molecule has 0 aliphatic rings. The molecule has 0 amide bonds. The van der Waals surface area contributed by atoms with E-state index in [2.05, 4.69) is 47.0 Å². The molecular weight excluding hydrogens is 428 g/mol. The molecule has 5 heteroatoms. The fraction of sp³-hybridized carbons (Fsp3) is 0.107. The van der Waals surface area contributed by atoms with Crippen molar-refractivity contribution in [2.45, 2.75) is 12.1 Å². The van der Waals surface area contributed by atoms with Crippen LogP contribution in [0.25, 0.3) is 0 Å². The lowest BCUT2D eigenvalue weighted by atomic mass is 9.77. The van der Waals surface area contributed by atoms with Gasteiger partial charge in [0.05, 0.1) is 7.11 Å². The fourth-order valence-electron chi connectivity index (χ4n) is 4.01. The molecule has 0 radical (unpaired) electrons. The SMILES string of the molecule is COc1cc(CNC(=S)NC(c2ccccc2)(c2ccccc2)c2ccccc2)ccc1O. The highest BCUT2D eigenvalue weighted by atomic mass is 32.1. The molecule has 4 aromatic carbocycles. The maximum atomic E-state index is 9.86. The Kier molecular flexibility index (Phi) is 6.91. The third-order valence-electron chi connectivity index (χ3n) is 5.62. The number of aromatic hydroxyl groups is 1. The molecule has 4 nitrogen and oxygen atoms in total. The van der Waals surface area contributed by atoms with Gasteiger partial charge in [-0.25, -0.2) is 0 Å². The Morgan fingerprint density at radius 2 is 1.27 bits per heavy atom. The van der Waals surface area contributed by atoms with Gasteiger partial charge in [0.25, 0.3) is 0 Å². The third-order valence-corrected chi connectivity index (χ3v) is 5.87. The van der Waals surface area contributed by atoms with Crippen LogP contribution >= 0.6 is 12.2 Å². The Bertz CT molecular complexity index is 1100. The number of hydrogen-bond acceptors (Lipinski definition) is 3. The average molecular weight is 455 g/mol. The summed E-state index contributed by atoms with van der Waals surface area (Å²) < 4.78 is 5.22. The lowest BCUT2D eigenvalue weighted by Crippen LogP contribution is -2.51. The maximum absolute atomic E-state index is 9.86. The summed E-state index contributed by atoms with van der Waals surface area (Å²) in [5.41, 5.74) is 3.51. The van der Waals surface area contributed by atoms with E-state index in [4.69, 9.17) is 17.0 Å². The Morgan fingerprint density at radius 3 is 1.73 bits per heavy atom. The van der Waals surface area contributed by atoms with E-state index >= 15 is 0 Å². The Balaban J connectivity index is 1.70. The molecule has 33 heavy (non-hydrogen) atoms. The largest absolute Gasteiger partial charge is 0.504 e. The lowest BCUT2D eigenvalue weighted by molar-refractivity contribution is 0.373. The highest BCUT2D eigenvalue weighted by Crippen LogP contribution is 2.36. The average Bonchev–Trinajstić information content (AvgIpc) is 2.88. The van der Waals surface area contributed by atoms with Gasteiger partial charge in [0.2, 0.25) is 0 Å². The van der Waals surface area contributed by atoms with Gasteiger partial charge in [-0.15, -0.1) is 0 Å². The molecule has 3 N–H and O–H groups in total. The molecule has 166 valence electrons. The first-order valence-corrected chi connectivity index (χ1v) is 11.1. The van der Waals surface area contributed by atoms with Gasteiger partial charge in [0, 0.05) is 6.54 Å². The van der Waals surface area contributed by atoms with Crippen molar-refractivity contribution < 1.29 is 9.84 Å². The van der Waals surface area contributed by atoms with Crippen LogP contribution in [0.4, 0.5) is 0 Å². The molecule has 0 atom stereocenters. The van der Waals surface area contributed by atoms with Gasteiger partial charge in [0.15, 0.2) is 16.6 Å². The first kappa shape index (κ1) is 22.4. The van der Waals surface area contributed by atoms with Crippen molar-refractivity contribution in [3.05, 3.63) is 131 Å². The number of nitrogens with one attached hydrogen (secondary N) is 2. The zero-order valence-corrected chi connectivity index (χ0v) is 19.2. The van der Waals surface area contributed by atoms with Crippen LogP contribution in [0.2, 0.25) is 0 Å². The number of rotatable bonds is 7. The minimum absolute atomic E-state index is 0.109. The summed E-state index contributed by atoms with van der Waals surface area (Å²) in [7, 11) is 1.53. The van der Waals surface area contributed by atoms with Crippen molar-refractivity contribution in [2.75, 3.05) is 7.11 Å². The van der Waals surface area contributed by atoms with Crippen molar-refractivity contribution in [3.63, 3.8) is 0 Å². The number of hydrogen-bond donors (Lipinski definition) is 3. The van der Waals surface area contributed by atoms with Crippen LogP contribution < -0.4 is 15.4 Å². The van der Waals surface area contributed by atoms with E-state index in [1.54, 1.807) is 12.1 Å². The number of phenols is 1. The first-order chi connectivity index (χ1) is 16.1. The van der Waals surface area contributed by atoms with Gasteiger partial charge in [-0.3, -0.25) is 0 Å². The molecule has 0 unspecified atom stereocenters. The maximum Gasteiger partial charge on any atom is 0.167 e. The topological polar surface area (TPSA) is 53.5 Å². The van der Waals surface area contributed by atoms with E-state index in [9.17, 15) is 5.11 Å². The number of thiocarbonyl (C=S) groups is 1. The molecule has 0 spiro atoms. The highest BCUT2D eigenvalue weighted by molar-refractivity contribution is 7.80. The van der Waals surface area contributed by atoms with Gasteiger partial charge in [-0.1, -0.05) is 97.1 Å². The van der Waals surface area contributed by atoms with Crippen LogP contribution in [0.3, 0.4) is 0 Å². The van der Waals surface area contributed by atoms with Gasteiger partial charge < -0.3 is 20.5 Å². The first-order valence-electron chi connectivity index (χ1n) is 10.7. The van der Waals surface area contributed by atoms with E-state index in [1.807, 2.05) is 60.7 Å². The third kappa shape index (κ3) is 4.83. The minimum atomic E-state index is -0.680. The van der Waals surface area contributed by atoms with E-state index in [0.29, 0.717) is 17.4 Å². The van der Waals surface area contributed by atoms with E-state index in [1.165, 1.54) is 7.11 Å². The van der Waals surface area contributed by atoms with Gasteiger partial charge in [-0.05, 0) is 46.6 Å². The molecule has 0 aliphatic heterocycles. The summed E-state index contributed by atoms with van der Waals surface area (Å²) in [4.78, 5) is 0. The monoisotopic (exact) mass is 454 g/mol. The Labute approximate surface area is 199 Å². The molecular formula is C28H26N2O2S. The van der Waals surface area contributed by atoms with Crippen molar-refractivity contribution >= 4 is 17.3 Å². The fourth-order valence-corrected chi connectivity index (χ4v) is 4.24. The van der Waals surface area contributed by atoms with E-state index < -0.39 is 5.54 Å². The van der Waals surface area contributed by atoms with Gasteiger partial charge in [-0.2, -0.15) is 0 Å². The van der Waals surface area contributed by atoms with Crippen LogP contribution in [0.15, 0.2) is 109 Å². The summed E-state index contributed by atoms with van der Waals surface area (Å²) in [5, 5.41) is 17.3. The zero-order chi connectivity index (χ0) is 23.1. The molecule has 0 heterocycles. The van der Waals surface area contributed by atoms with Crippen LogP contribution in [0.1, 0.15) is 22.3 Å². The second-order valence-electron chi connectivity index (χ2n) is 7.66. The molecule has 4 rings (SSSR count). The number of methoxy groups -OCH3 is 1. The number of ether oxygens (including phenoxy) is 1. The van der Waals surface area contributed by atoms with Crippen LogP contribution in [0.5, 0.6) is 11.5 Å². The van der Waals surface area contributed by atoms with Crippen LogP contribution in [-0.4, -0.2) is 17.3 Å². The Morgan fingerprint density at radius 1 is 0.788 bits per heavy atom.